The van der Waals surface area contributed by atoms with Crippen LogP contribution in [0.2, 0.25) is 0 Å². The number of hydrogen-bond donors (Lipinski definition) is 0. The molecule has 4 bridgehead atoms. The maximum atomic E-state index is 12.2. The third kappa shape index (κ3) is 4.77. The molecule has 4 aliphatic rings. The highest BCUT2D eigenvalue weighted by molar-refractivity contribution is 5.89. The summed E-state index contributed by atoms with van der Waals surface area (Å²) in [5.41, 5.74) is 2.87. The number of methoxy groups -OCH3 is 1. The first kappa shape index (κ1) is 23.1. The fourth-order valence-electron chi connectivity index (χ4n) is 6.83. The molecule has 0 spiro atoms. The van der Waals surface area contributed by atoms with Gasteiger partial charge in [-0.05, 0) is 98.5 Å². The van der Waals surface area contributed by atoms with Crippen molar-refractivity contribution in [2.24, 2.45) is 17.8 Å². The lowest BCUT2D eigenvalue weighted by molar-refractivity contribution is -0.231. The summed E-state index contributed by atoms with van der Waals surface area (Å²) in [4.78, 5) is 12.2. The van der Waals surface area contributed by atoms with E-state index >= 15 is 0 Å². The van der Waals surface area contributed by atoms with E-state index in [0.29, 0.717) is 12.2 Å². The molecule has 1 unspecified atom stereocenters. The summed E-state index contributed by atoms with van der Waals surface area (Å²) in [5.74, 6) is 2.93. The summed E-state index contributed by atoms with van der Waals surface area (Å²) < 4.78 is 22.7. The summed E-state index contributed by atoms with van der Waals surface area (Å²) in [6.45, 7) is 1.67. The standard InChI is InChI=1S/C29H34O5/c1-3-32-28(31-2)34-26-16-20(11-12-33-27(30)24-7-5-4-6-8-24)9-10-25(26)29-17-21-13-22(18-29)15-23(14-21)19-29/h4-12,16,21-23,28H,3,13-15,17-19H2,1-2H3. The molecule has 1 atom stereocenters. The van der Waals surface area contributed by atoms with Gasteiger partial charge in [0.05, 0.1) is 18.4 Å². The van der Waals surface area contributed by atoms with Gasteiger partial charge in [-0.15, -0.1) is 0 Å². The minimum absolute atomic E-state index is 0.177. The van der Waals surface area contributed by atoms with E-state index in [4.69, 9.17) is 18.9 Å². The molecule has 0 amide bonds. The predicted molar refractivity (Wildman–Crippen MR) is 130 cm³/mol. The Hall–Kier alpha value is -2.63. The zero-order valence-electron chi connectivity index (χ0n) is 20.1. The Labute approximate surface area is 202 Å². The predicted octanol–water partition coefficient (Wildman–Crippen LogP) is 6.33. The van der Waals surface area contributed by atoms with Crippen molar-refractivity contribution in [3.63, 3.8) is 0 Å². The van der Waals surface area contributed by atoms with E-state index < -0.39 is 6.48 Å². The van der Waals surface area contributed by atoms with Crippen LogP contribution in [0.25, 0.3) is 6.08 Å². The fraction of sp³-hybridized carbons (Fsp3) is 0.483. The van der Waals surface area contributed by atoms with Gasteiger partial charge in [0.1, 0.15) is 5.75 Å². The van der Waals surface area contributed by atoms with E-state index in [1.807, 2.05) is 31.2 Å². The Kier molecular flexibility index (Phi) is 6.75. The van der Waals surface area contributed by atoms with Crippen molar-refractivity contribution in [2.75, 3.05) is 13.7 Å². The molecule has 0 heterocycles. The Morgan fingerprint density at radius 2 is 1.71 bits per heavy atom. The van der Waals surface area contributed by atoms with Crippen LogP contribution in [-0.4, -0.2) is 26.2 Å². The first-order valence-corrected chi connectivity index (χ1v) is 12.5. The summed E-state index contributed by atoms with van der Waals surface area (Å²) in [6.07, 6.45) is 11.1. The largest absolute Gasteiger partial charge is 0.441 e. The molecule has 5 nitrogen and oxygen atoms in total. The number of carbonyl (C=O) groups is 1. The van der Waals surface area contributed by atoms with Crippen molar-refractivity contribution < 1.29 is 23.7 Å². The average Bonchev–Trinajstić information content (AvgIpc) is 2.83. The Morgan fingerprint density at radius 1 is 1.03 bits per heavy atom. The van der Waals surface area contributed by atoms with Gasteiger partial charge >= 0.3 is 12.4 Å². The highest BCUT2D eigenvalue weighted by atomic mass is 16.8. The third-order valence-electron chi connectivity index (χ3n) is 7.78. The van der Waals surface area contributed by atoms with E-state index in [2.05, 4.69) is 12.1 Å². The minimum Gasteiger partial charge on any atom is -0.441 e. The number of hydrogen-bond acceptors (Lipinski definition) is 5. The summed E-state index contributed by atoms with van der Waals surface area (Å²) in [7, 11) is 1.59. The highest BCUT2D eigenvalue weighted by Crippen LogP contribution is 2.62. The quantitative estimate of drug-likeness (QED) is 0.248. The fourth-order valence-corrected chi connectivity index (χ4v) is 6.83. The molecule has 4 saturated carbocycles. The van der Waals surface area contributed by atoms with E-state index in [1.165, 1.54) is 50.4 Å². The lowest BCUT2D eigenvalue weighted by Crippen LogP contribution is -2.48. The zero-order valence-corrected chi connectivity index (χ0v) is 20.1. The van der Waals surface area contributed by atoms with Crippen molar-refractivity contribution >= 4 is 12.0 Å². The molecule has 4 fully saturated rings. The van der Waals surface area contributed by atoms with Crippen LogP contribution in [0.4, 0.5) is 0 Å². The van der Waals surface area contributed by atoms with Crippen LogP contribution in [0.5, 0.6) is 5.75 Å². The van der Waals surface area contributed by atoms with E-state index in [1.54, 1.807) is 25.3 Å². The molecule has 6 rings (SSSR count). The maximum Gasteiger partial charge on any atom is 0.342 e. The average molecular weight is 463 g/mol. The van der Waals surface area contributed by atoms with Crippen LogP contribution < -0.4 is 4.74 Å². The van der Waals surface area contributed by atoms with Crippen LogP contribution in [0, 0.1) is 17.8 Å². The van der Waals surface area contributed by atoms with Crippen LogP contribution >= 0.6 is 0 Å². The number of benzene rings is 2. The monoisotopic (exact) mass is 462 g/mol. The lowest BCUT2D eigenvalue weighted by atomic mass is 9.48. The van der Waals surface area contributed by atoms with E-state index in [0.717, 1.165) is 29.1 Å². The molecule has 0 radical (unpaired) electrons. The van der Waals surface area contributed by atoms with Gasteiger partial charge in [-0.25, -0.2) is 4.79 Å². The summed E-state index contributed by atoms with van der Waals surface area (Å²) >= 11 is 0. The SMILES string of the molecule is CCOC(OC)Oc1cc(C=COC(=O)c2ccccc2)ccc1C12CC3CC(CC(C3)C1)C2. The Morgan fingerprint density at radius 3 is 2.32 bits per heavy atom. The van der Waals surface area contributed by atoms with Crippen molar-refractivity contribution in [2.45, 2.75) is 57.3 Å². The number of ether oxygens (including phenoxy) is 4. The van der Waals surface area contributed by atoms with Crippen molar-refractivity contribution in [3.05, 3.63) is 71.5 Å². The molecular formula is C29H34O5. The summed E-state index contributed by atoms with van der Waals surface area (Å²) in [6, 6.07) is 15.3. The first-order chi connectivity index (χ1) is 16.6. The Bertz CT molecular complexity index is 993. The molecule has 0 saturated heterocycles. The maximum absolute atomic E-state index is 12.2. The second-order valence-corrected chi connectivity index (χ2v) is 10.1. The van der Waals surface area contributed by atoms with Gasteiger partial charge in [0.2, 0.25) is 0 Å². The summed E-state index contributed by atoms with van der Waals surface area (Å²) in [5, 5.41) is 0. The lowest BCUT2D eigenvalue weighted by Gasteiger charge is -2.57. The molecule has 5 heteroatoms. The smallest absolute Gasteiger partial charge is 0.342 e. The van der Waals surface area contributed by atoms with Crippen molar-refractivity contribution in [3.8, 4) is 5.75 Å². The number of rotatable bonds is 9. The van der Waals surface area contributed by atoms with Crippen molar-refractivity contribution in [1.82, 2.24) is 0 Å². The zero-order chi connectivity index (χ0) is 23.5. The van der Waals surface area contributed by atoms with Crippen molar-refractivity contribution in [1.29, 1.82) is 0 Å². The second kappa shape index (κ2) is 9.93. The highest BCUT2D eigenvalue weighted by Gasteiger charge is 2.52. The van der Waals surface area contributed by atoms with Gasteiger partial charge in [-0.1, -0.05) is 30.3 Å². The first-order valence-electron chi connectivity index (χ1n) is 12.5. The van der Waals surface area contributed by atoms with Gasteiger partial charge in [-0.2, -0.15) is 0 Å². The van der Waals surface area contributed by atoms with Crippen LogP contribution in [0.1, 0.15) is 66.9 Å². The van der Waals surface area contributed by atoms with E-state index in [-0.39, 0.29) is 11.4 Å². The molecule has 180 valence electrons. The van der Waals surface area contributed by atoms with Gasteiger partial charge < -0.3 is 18.9 Å². The topological polar surface area (TPSA) is 54.0 Å². The third-order valence-corrected chi connectivity index (χ3v) is 7.78. The van der Waals surface area contributed by atoms with Crippen LogP contribution in [0.3, 0.4) is 0 Å². The van der Waals surface area contributed by atoms with E-state index in [9.17, 15) is 4.79 Å². The van der Waals surface area contributed by atoms with Gasteiger partial charge in [0.25, 0.3) is 0 Å². The molecule has 2 aromatic rings. The second-order valence-electron chi connectivity index (χ2n) is 10.1. The van der Waals surface area contributed by atoms with Gasteiger partial charge in [-0.3, -0.25) is 0 Å². The molecular weight excluding hydrogens is 428 g/mol. The number of carbonyl (C=O) groups excluding carboxylic acids is 1. The molecule has 0 aromatic heterocycles. The van der Waals surface area contributed by atoms with Gasteiger partial charge in [0, 0.05) is 12.7 Å². The molecule has 4 aliphatic carbocycles. The van der Waals surface area contributed by atoms with Crippen LogP contribution in [0.15, 0.2) is 54.8 Å². The molecule has 2 aromatic carbocycles. The molecule has 0 N–H and O–H groups in total. The molecule has 34 heavy (non-hydrogen) atoms. The molecule has 0 aliphatic heterocycles. The Balaban J connectivity index is 1.40. The van der Waals surface area contributed by atoms with Crippen LogP contribution in [-0.2, 0) is 19.6 Å². The number of esters is 1. The normalized spacial score (nSPS) is 28.2. The minimum atomic E-state index is -0.757. The van der Waals surface area contributed by atoms with Gasteiger partial charge in [0.15, 0.2) is 0 Å².